The second-order valence-corrected chi connectivity index (χ2v) is 2.50. The van der Waals surface area contributed by atoms with Crippen molar-refractivity contribution >= 4 is 17.6 Å². The van der Waals surface area contributed by atoms with Crippen LogP contribution in [0, 0.1) is 0 Å². The molecule has 11 heavy (non-hydrogen) atoms. The van der Waals surface area contributed by atoms with Gasteiger partial charge in [0.2, 0.25) is 0 Å². The van der Waals surface area contributed by atoms with Crippen LogP contribution in [0.2, 0.25) is 0 Å². The third-order valence-corrected chi connectivity index (χ3v) is 1.77. The zero-order chi connectivity index (χ0) is 7.68. The Labute approximate surface area is 65.5 Å². The molecule has 52 valence electrons. The fourth-order valence-corrected chi connectivity index (χ4v) is 1.21. The monoisotopic (exact) mass is 142 g/mol. The van der Waals surface area contributed by atoms with E-state index in [1.165, 1.54) is 0 Å². The van der Waals surface area contributed by atoms with Gasteiger partial charge in [-0.2, -0.15) is 0 Å². The Morgan fingerprint density at radius 1 is 1.09 bits per heavy atom. The molecule has 0 saturated heterocycles. The Morgan fingerprint density at radius 3 is 2.73 bits per heavy atom. The average molecular weight is 142 g/mol. The molecule has 1 heterocycles. The molecule has 1 N–H and O–H groups in total. The van der Waals surface area contributed by atoms with Gasteiger partial charge in [0.1, 0.15) is 0 Å². The van der Waals surface area contributed by atoms with E-state index in [9.17, 15) is 5.11 Å². The normalized spacial score (nSPS) is 9.82. The minimum absolute atomic E-state index is 0.350. The quantitative estimate of drug-likeness (QED) is 0.595. The molecule has 0 saturated carbocycles. The number of benzene rings is 1. The Bertz CT molecular complexity index is 379. The van der Waals surface area contributed by atoms with Crippen molar-refractivity contribution in [3.63, 3.8) is 0 Å². The summed E-state index contributed by atoms with van der Waals surface area (Å²) in [6.45, 7) is 1.98. The molecule has 1 aromatic carbocycles. The predicted octanol–water partition coefficient (Wildman–Crippen LogP) is 1.88. The molecule has 0 fully saturated rings. The summed E-state index contributed by atoms with van der Waals surface area (Å²) in [7, 11) is 0. The Morgan fingerprint density at radius 2 is 1.91 bits per heavy atom. The Balaban J connectivity index is 2.91. The van der Waals surface area contributed by atoms with Crippen LogP contribution < -0.4 is 0 Å². The summed E-state index contributed by atoms with van der Waals surface area (Å²) in [4.78, 5) is 0. The number of hydrogen-bond donors (Lipinski definition) is 1. The summed E-state index contributed by atoms with van der Waals surface area (Å²) in [5.41, 5.74) is 0. The van der Waals surface area contributed by atoms with E-state index in [0.29, 0.717) is 5.75 Å². The molecule has 2 aromatic rings. The van der Waals surface area contributed by atoms with Crippen LogP contribution in [0.15, 0.2) is 36.3 Å². The summed E-state index contributed by atoms with van der Waals surface area (Å²) in [6, 6.07) is 9.46. The van der Waals surface area contributed by atoms with E-state index in [4.69, 9.17) is 0 Å². The van der Waals surface area contributed by atoms with E-state index in [2.05, 4.69) is 0 Å². The van der Waals surface area contributed by atoms with Gasteiger partial charge in [-0.25, -0.2) is 0 Å². The molecule has 0 aliphatic rings. The summed E-state index contributed by atoms with van der Waals surface area (Å²) in [5.74, 6) is 2.20. The molecule has 2 rings (SSSR count). The molecule has 0 atom stereocenters. The van der Waals surface area contributed by atoms with Crippen molar-refractivity contribution in [1.29, 1.82) is 0 Å². The predicted molar refractivity (Wildman–Crippen MR) is 47.0 cm³/mol. The van der Waals surface area contributed by atoms with E-state index in [1.54, 1.807) is 6.07 Å². The summed E-state index contributed by atoms with van der Waals surface area (Å²) in [6.07, 6.45) is 0. The number of aromatic hydroxyl groups is 1. The standard InChI is InChI=1S/C9H7BO/c11-9-5-6-10-8-4-2-1-3-7(8)9/h1-6,11H. The summed E-state index contributed by atoms with van der Waals surface area (Å²) < 4.78 is 0. The van der Waals surface area contributed by atoms with E-state index in [1.807, 2.05) is 37.1 Å². The van der Waals surface area contributed by atoms with Crippen LogP contribution in [0.1, 0.15) is 0 Å². The molecule has 0 aliphatic carbocycles. The van der Waals surface area contributed by atoms with Gasteiger partial charge >= 0.3 is 64.7 Å². The third-order valence-electron chi connectivity index (χ3n) is 1.77. The van der Waals surface area contributed by atoms with Crippen molar-refractivity contribution in [3.05, 3.63) is 36.3 Å². The average Bonchev–Trinajstić information content (AvgIpc) is 2.06. The Kier molecular flexibility index (Phi) is 1.39. The second kappa shape index (κ2) is 2.38. The molecule has 0 bridgehead atoms. The van der Waals surface area contributed by atoms with Crippen LogP contribution in [-0.4, -0.2) is 12.0 Å². The van der Waals surface area contributed by atoms with Crippen LogP contribution in [-0.2, 0) is 0 Å². The van der Waals surface area contributed by atoms with Crippen molar-refractivity contribution < 1.29 is 5.11 Å². The maximum absolute atomic E-state index is 9.37. The topological polar surface area (TPSA) is 20.2 Å². The van der Waals surface area contributed by atoms with Crippen LogP contribution in [0.4, 0.5) is 0 Å². The fraction of sp³-hybridized carbons (Fsp3) is 0. The van der Waals surface area contributed by atoms with Gasteiger partial charge in [0, 0.05) is 0 Å². The summed E-state index contributed by atoms with van der Waals surface area (Å²) in [5, 5.41) is 11.4. The first-order chi connectivity index (χ1) is 5.38. The van der Waals surface area contributed by atoms with Crippen LogP contribution >= 0.6 is 0 Å². The van der Waals surface area contributed by atoms with Crippen molar-refractivity contribution in [2.75, 3.05) is 0 Å². The van der Waals surface area contributed by atoms with Gasteiger partial charge in [0.25, 0.3) is 0 Å². The van der Waals surface area contributed by atoms with Crippen molar-refractivity contribution in [2.45, 2.75) is 0 Å². The number of fused-ring (bicyclic) bond motifs is 1. The second-order valence-electron chi connectivity index (χ2n) is 2.50. The molecule has 0 aliphatic heterocycles. The maximum atomic E-state index is 9.37. The van der Waals surface area contributed by atoms with Gasteiger partial charge < -0.3 is 0 Å². The van der Waals surface area contributed by atoms with Crippen molar-refractivity contribution in [3.8, 4) is 5.75 Å². The van der Waals surface area contributed by atoms with Gasteiger partial charge in [0.15, 0.2) is 0 Å². The first-order valence-electron chi connectivity index (χ1n) is 3.54. The molecule has 0 spiro atoms. The number of hydrogen-bond acceptors (Lipinski definition) is 1. The van der Waals surface area contributed by atoms with Crippen molar-refractivity contribution in [2.24, 2.45) is 0 Å². The van der Waals surface area contributed by atoms with Gasteiger partial charge in [-0.05, 0) is 0 Å². The molecular formula is C9H7BO. The van der Waals surface area contributed by atoms with E-state index in [0.717, 1.165) is 10.7 Å². The SMILES string of the molecule is Oc1ccbc2ccccc12. The third kappa shape index (κ3) is 1.00. The minimum atomic E-state index is 0.350. The van der Waals surface area contributed by atoms with E-state index < -0.39 is 0 Å². The van der Waals surface area contributed by atoms with Gasteiger partial charge in [-0.3, -0.25) is 0 Å². The Hall–Kier alpha value is -1.31. The van der Waals surface area contributed by atoms with Gasteiger partial charge in [-0.15, -0.1) is 0 Å². The molecule has 0 amide bonds. The molecule has 0 radical (unpaired) electrons. The zero-order valence-corrected chi connectivity index (χ0v) is 5.99. The summed E-state index contributed by atoms with van der Waals surface area (Å²) >= 11 is 0. The molecule has 0 unspecified atom stereocenters. The van der Waals surface area contributed by atoms with Gasteiger partial charge in [-0.1, -0.05) is 0 Å². The zero-order valence-electron chi connectivity index (χ0n) is 5.99. The van der Waals surface area contributed by atoms with Crippen LogP contribution in [0.5, 0.6) is 5.75 Å². The molecule has 1 nitrogen and oxygen atoms in total. The first-order valence-corrected chi connectivity index (χ1v) is 3.54. The first kappa shape index (κ1) is 6.41. The van der Waals surface area contributed by atoms with E-state index >= 15 is 0 Å². The van der Waals surface area contributed by atoms with Gasteiger partial charge in [0.05, 0.1) is 0 Å². The van der Waals surface area contributed by atoms with Crippen molar-refractivity contribution in [1.82, 2.24) is 0 Å². The fourth-order valence-electron chi connectivity index (χ4n) is 1.21. The van der Waals surface area contributed by atoms with E-state index in [-0.39, 0.29) is 0 Å². The van der Waals surface area contributed by atoms with Crippen LogP contribution in [0.25, 0.3) is 10.7 Å². The number of rotatable bonds is 0. The molecule has 1 aromatic heterocycles. The molecule has 2 heteroatoms. The van der Waals surface area contributed by atoms with Crippen LogP contribution in [0.3, 0.4) is 0 Å². The molecular weight excluding hydrogens is 135 g/mol.